The average Bonchev–Trinajstić information content (AvgIpc) is 3.08. The lowest BCUT2D eigenvalue weighted by atomic mass is 10.0. The molecule has 20 heavy (non-hydrogen) atoms. The number of aromatic nitrogens is 5. The van der Waals surface area contributed by atoms with Crippen molar-refractivity contribution in [1.29, 1.82) is 0 Å². The molecule has 1 aliphatic rings. The second-order valence-corrected chi connectivity index (χ2v) is 5.00. The summed E-state index contributed by atoms with van der Waals surface area (Å²) < 4.78 is 5.13. The quantitative estimate of drug-likeness (QED) is 0.856. The third kappa shape index (κ3) is 2.64. The Morgan fingerprint density at radius 2 is 2.35 bits per heavy atom. The normalized spacial score (nSPS) is 20.4. The van der Waals surface area contributed by atoms with Crippen LogP contribution in [0.2, 0.25) is 0 Å². The zero-order chi connectivity index (χ0) is 13.9. The van der Waals surface area contributed by atoms with Crippen molar-refractivity contribution in [3.63, 3.8) is 0 Å². The number of nitrogens with one attached hydrogen (secondary N) is 2. The number of piperidine rings is 1. The van der Waals surface area contributed by atoms with Crippen LogP contribution in [0, 0.1) is 0 Å². The zero-order valence-corrected chi connectivity index (χ0v) is 11.4. The van der Waals surface area contributed by atoms with Crippen LogP contribution in [0.25, 0.3) is 0 Å². The number of likely N-dealkylation sites (tertiary alicyclic amines) is 1. The Kier molecular flexibility index (Phi) is 3.64. The van der Waals surface area contributed by atoms with Crippen LogP contribution >= 0.6 is 0 Å². The van der Waals surface area contributed by atoms with E-state index in [1.54, 1.807) is 0 Å². The molecule has 1 fully saturated rings. The highest BCUT2D eigenvalue weighted by Gasteiger charge is 2.27. The molecule has 0 spiro atoms. The summed E-state index contributed by atoms with van der Waals surface area (Å²) in [4.78, 5) is 20.5. The van der Waals surface area contributed by atoms with Crippen molar-refractivity contribution in [3.8, 4) is 0 Å². The number of rotatable bonds is 4. The van der Waals surface area contributed by atoms with Crippen LogP contribution in [0.5, 0.6) is 0 Å². The minimum absolute atomic E-state index is 0.103. The summed E-state index contributed by atoms with van der Waals surface area (Å²) in [6.07, 6.45) is 3.97. The number of aromatic amines is 2. The van der Waals surface area contributed by atoms with Crippen LogP contribution in [-0.4, -0.2) is 36.8 Å². The van der Waals surface area contributed by atoms with Crippen molar-refractivity contribution in [3.05, 3.63) is 28.0 Å². The third-order valence-corrected chi connectivity index (χ3v) is 3.61. The zero-order valence-electron chi connectivity index (χ0n) is 11.4. The summed E-state index contributed by atoms with van der Waals surface area (Å²) in [7, 11) is 0. The van der Waals surface area contributed by atoms with E-state index >= 15 is 0 Å². The summed E-state index contributed by atoms with van der Waals surface area (Å²) in [6.45, 7) is 3.54. The van der Waals surface area contributed by atoms with Crippen LogP contribution in [0.3, 0.4) is 0 Å². The second-order valence-electron chi connectivity index (χ2n) is 5.00. The van der Waals surface area contributed by atoms with Crippen molar-refractivity contribution in [2.45, 2.75) is 45.2 Å². The molecule has 1 saturated heterocycles. The van der Waals surface area contributed by atoms with Gasteiger partial charge in [-0.15, -0.1) is 0 Å². The molecule has 3 heterocycles. The fourth-order valence-electron chi connectivity index (χ4n) is 2.61. The highest BCUT2D eigenvalue weighted by atomic mass is 16.5. The molecule has 8 heteroatoms. The molecule has 1 unspecified atom stereocenters. The Balaban J connectivity index is 1.76. The number of aryl methyl sites for hydroxylation is 1. The van der Waals surface area contributed by atoms with Gasteiger partial charge in [-0.05, 0) is 19.4 Å². The van der Waals surface area contributed by atoms with Gasteiger partial charge in [0.15, 0.2) is 5.82 Å². The smallest absolute Gasteiger partial charge is 0.339 e. The Labute approximate surface area is 115 Å². The molecule has 1 aliphatic heterocycles. The van der Waals surface area contributed by atoms with Crippen molar-refractivity contribution < 1.29 is 4.52 Å². The van der Waals surface area contributed by atoms with E-state index in [1.807, 2.05) is 6.92 Å². The molecule has 0 radical (unpaired) electrons. The fraction of sp³-hybridized carbons (Fsp3) is 0.667. The molecule has 2 N–H and O–H groups in total. The van der Waals surface area contributed by atoms with Gasteiger partial charge in [0, 0.05) is 6.42 Å². The molecular weight excluding hydrogens is 260 g/mol. The van der Waals surface area contributed by atoms with Crippen molar-refractivity contribution in [1.82, 2.24) is 30.2 Å². The molecule has 0 amide bonds. The van der Waals surface area contributed by atoms with E-state index in [2.05, 4.69) is 30.2 Å². The third-order valence-electron chi connectivity index (χ3n) is 3.61. The number of hydrogen-bond acceptors (Lipinski definition) is 6. The molecule has 0 aliphatic carbocycles. The molecule has 0 saturated carbocycles. The highest BCUT2D eigenvalue weighted by Crippen LogP contribution is 2.29. The van der Waals surface area contributed by atoms with Crippen molar-refractivity contribution in [2.24, 2.45) is 0 Å². The first-order valence-electron chi connectivity index (χ1n) is 6.96. The SMILES string of the molecule is CCc1nc(CN2CCCCC2c2n[nH]c(=O)[nH]2)no1. The van der Waals surface area contributed by atoms with Gasteiger partial charge in [-0.1, -0.05) is 18.5 Å². The van der Waals surface area contributed by atoms with Gasteiger partial charge in [-0.3, -0.25) is 9.88 Å². The first-order valence-corrected chi connectivity index (χ1v) is 6.96. The molecule has 3 rings (SSSR count). The Morgan fingerprint density at radius 3 is 3.05 bits per heavy atom. The van der Waals surface area contributed by atoms with Gasteiger partial charge >= 0.3 is 5.69 Å². The van der Waals surface area contributed by atoms with Gasteiger partial charge < -0.3 is 4.52 Å². The van der Waals surface area contributed by atoms with E-state index in [4.69, 9.17) is 4.52 Å². The Bertz CT molecular complexity index is 615. The van der Waals surface area contributed by atoms with E-state index in [0.29, 0.717) is 24.1 Å². The van der Waals surface area contributed by atoms with E-state index in [1.165, 1.54) is 0 Å². The summed E-state index contributed by atoms with van der Waals surface area (Å²) in [5, 5.41) is 10.5. The lowest BCUT2D eigenvalue weighted by Gasteiger charge is -2.33. The fourth-order valence-corrected chi connectivity index (χ4v) is 2.61. The maximum Gasteiger partial charge on any atom is 0.340 e. The van der Waals surface area contributed by atoms with E-state index in [9.17, 15) is 4.79 Å². The van der Waals surface area contributed by atoms with Gasteiger partial charge in [0.25, 0.3) is 0 Å². The van der Waals surface area contributed by atoms with Gasteiger partial charge in [0.05, 0.1) is 12.6 Å². The molecule has 2 aromatic rings. The molecule has 8 nitrogen and oxygen atoms in total. The topological polar surface area (TPSA) is 104 Å². The number of H-pyrrole nitrogens is 2. The van der Waals surface area contributed by atoms with Gasteiger partial charge in [-0.25, -0.2) is 9.89 Å². The molecular formula is C12H18N6O2. The molecule has 2 aromatic heterocycles. The van der Waals surface area contributed by atoms with Crippen LogP contribution in [-0.2, 0) is 13.0 Å². The second kappa shape index (κ2) is 5.58. The number of hydrogen-bond donors (Lipinski definition) is 2. The van der Waals surface area contributed by atoms with Crippen LogP contribution in [0.4, 0.5) is 0 Å². The Morgan fingerprint density at radius 1 is 1.45 bits per heavy atom. The van der Waals surface area contributed by atoms with Gasteiger partial charge in [0.1, 0.15) is 5.82 Å². The molecule has 1 atom stereocenters. The first-order chi connectivity index (χ1) is 9.76. The lowest BCUT2D eigenvalue weighted by molar-refractivity contribution is 0.129. The summed E-state index contributed by atoms with van der Waals surface area (Å²) in [5.74, 6) is 2.03. The summed E-state index contributed by atoms with van der Waals surface area (Å²) in [6, 6.07) is 0.103. The van der Waals surface area contributed by atoms with Crippen molar-refractivity contribution >= 4 is 0 Å². The van der Waals surface area contributed by atoms with Gasteiger partial charge in [0.2, 0.25) is 5.89 Å². The maximum absolute atomic E-state index is 11.2. The lowest BCUT2D eigenvalue weighted by Crippen LogP contribution is -2.34. The van der Waals surface area contributed by atoms with Crippen LogP contribution in [0.1, 0.15) is 49.8 Å². The van der Waals surface area contributed by atoms with E-state index in [-0.39, 0.29) is 11.7 Å². The number of nitrogens with zero attached hydrogens (tertiary/aromatic N) is 4. The first kappa shape index (κ1) is 13.0. The molecule has 108 valence electrons. The Hall–Kier alpha value is -1.96. The minimum Gasteiger partial charge on any atom is -0.339 e. The molecule has 0 aromatic carbocycles. The van der Waals surface area contributed by atoms with Crippen LogP contribution in [0.15, 0.2) is 9.32 Å². The predicted molar refractivity (Wildman–Crippen MR) is 69.9 cm³/mol. The van der Waals surface area contributed by atoms with E-state index in [0.717, 1.165) is 32.2 Å². The largest absolute Gasteiger partial charge is 0.340 e. The average molecular weight is 278 g/mol. The molecule has 0 bridgehead atoms. The van der Waals surface area contributed by atoms with Crippen molar-refractivity contribution in [2.75, 3.05) is 6.54 Å². The van der Waals surface area contributed by atoms with E-state index < -0.39 is 0 Å². The maximum atomic E-state index is 11.2. The standard InChI is InChI=1S/C12H18N6O2/c1-2-10-13-9(17-20-10)7-18-6-4-3-5-8(18)11-14-12(19)16-15-11/h8H,2-7H2,1H3,(H2,14,15,16,19). The summed E-state index contributed by atoms with van der Waals surface area (Å²) >= 11 is 0. The summed E-state index contributed by atoms with van der Waals surface area (Å²) in [5.41, 5.74) is -0.265. The predicted octanol–water partition coefficient (Wildman–Crippen LogP) is 0.771. The highest BCUT2D eigenvalue weighted by molar-refractivity contribution is 4.97. The monoisotopic (exact) mass is 278 g/mol. The minimum atomic E-state index is -0.265. The van der Waals surface area contributed by atoms with Crippen LogP contribution < -0.4 is 5.69 Å². The van der Waals surface area contributed by atoms with Gasteiger partial charge in [-0.2, -0.15) is 10.1 Å².